The number of halogens is 1. The third kappa shape index (κ3) is 7.75. The summed E-state index contributed by atoms with van der Waals surface area (Å²) in [4.78, 5) is 21.0. The zero-order valence-corrected chi connectivity index (χ0v) is 19.8. The van der Waals surface area contributed by atoms with E-state index in [2.05, 4.69) is 25.4 Å². The van der Waals surface area contributed by atoms with Crippen LogP contribution in [0.1, 0.15) is 37.0 Å². The van der Waals surface area contributed by atoms with Gasteiger partial charge in [0.2, 0.25) is 5.91 Å². The molecule has 29 heavy (non-hydrogen) atoms. The first-order valence-corrected chi connectivity index (χ1v) is 10.3. The summed E-state index contributed by atoms with van der Waals surface area (Å²) in [5.74, 6) is 0.966. The van der Waals surface area contributed by atoms with Gasteiger partial charge in [-0.15, -0.1) is 24.0 Å². The van der Waals surface area contributed by atoms with E-state index in [-0.39, 0.29) is 29.9 Å². The maximum Gasteiger partial charge on any atom is 0.234 e. The van der Waals surface area contributed by atoms with Crippen LogP contribution in [0.5, 0.6) is 0 Å². The molecule has 3 rings (SSSR count). The van der Waals surface area contributed by atoms with E-state index < -0.39 is 6.10 Å². The summed E-state index contributed by atoms with van der Waals surface area (Å²) in [6, 6.07) is 8.33. The van der Waals surface area contributed by atoms with Gasteiger partial charge >= 0.3 is 0 Å². The molecular weight excluding hydrogens is 481 g/mol. The fraction of sp³-hybridized carbons (Fsp3) is 0.619. The van der Waals surface area contributed by atoms with E-state index in [1.807, 2.05) is 38.1 Å². The number of hydrogen-bond acceptors (Lipinski definition) is 4. The first kappa shape index (κ1) is 23.9. The monoisotopic (exact) mass is 515 g/mol. The van der Waals surface area contributed by atoms with Gasteiger partial charge in [-0.25, -0.2) is 0 Å². The molecule has 2 aliphatic rings. The Hall–Kier alpha value is -1.39. The predicted octanol–water partition coefficient (Wildman–Crippen LogP) is 1.51. The van der Waals surface area contributed by atoms with Crippen LogP contribution in [0.25, 0.3) is 0 Å². The fourth-order valence-electron chi connectivity index (χ4n) is 3.31. The van der Waals surface area contributed by atoms with Crippen molar-refractivity contribution in [3.8, 4) is 0 Å². The summed E-state index contributed by atoms with van der Waals surface area (Å²) in [7, 11) is 0. The predicted molar refractivity (Wildman–Crippen MR) is 127 cm³/mol. The van der Waals surface area contributed by atoms with Crippen LogP contribution in [0.15, 0.2) is 29.3 Å². The van der Waals surface area contributed by atoms with Gasteiger partial charge in [-0.2, -0.15) is 0 Å². The molecule has 1 heterocycles. The van der Waals surface area contributed by atoms with Gasteiger partial charge in [-0.1, -0.05) is 29.8 Å². The van der Waals surface area contributed by atoms with Crippen LogP contribution in [0.3, 0.4) is 0 Å². The number of piperazine rings is 1. The summed E-state index contributed by atoms with van der Waals surface area (Å²) in [6.45, 7) is 8.98. The lowest BCUT2D eigenvalue weighted by Crippen LogP contribution is -2.54. The first-order valence-electron chi connectivity index (χ1n) is 10.3. The van der Waals surface area contributed by atoms with Crippen LogP contribution >= 0.6 is 24.0 Å². The molecule has 1 aliphatic heterocycles. The summed E-state index contributed by atoms with van der Waals surface area (Å²) < 4.78 is 0. The summed E-state index contributed by atoms with van der Waals surface area (Å²) in [6.07, 6.45) is 1.63. The van der Waals surface area contributed by atoms with Crippen LogP contribution in [0, 0.1) is 6.92 Å². The Morgan fingerprint density at radius 3 is 2.45 bits per heavy atom. The van der Waals surface area contributed by atoms with Gasteiger partial charge < -0.3 is 20.6 Å². The number of carbonyl (C=O) groups excluding carboxylic acids is 1. The lowest BCUT2D eigenvalue weighted by Gasteiger charge is -2.36. The van der Waals surface area contributed by atoms with Crippen LogP contribution < -0.4 is 10.6 Å². The summed E-state index contributed by atoms with van der Waals surface area (Å²) >= 11 is 0. The number of carbonyl (C=O) groups is 1. The Bertz CT molecular complexity index is 670. The molecule has 1 aromatic carbocycles. The quantitative estimate of drug-likeness (QED) is 0.292. The smallest absolute Gasteiger partial charge is 0.234 e. The second-order valence-corrected chi connectivity index (χ2v) is 7.73. The van der Waals surface area contributed by atoms with Gasteiger partial charge in [-0.05, 0) is 32.3 Å². The number of aliphatic imine (C=N–C) groups is 1. The average molecular weight is 515 g/mol. The molecule has 0 aromatic heterocycles. The zero-order valence-electron chi connectivity index (χ0n) is 17.4. The number of rotatable bonds is 7. The lowest BCUT2D eigenvalue weighted by molar-refractivity contribution is -0.122. The van der Waals surface area contributed by atoms with Crippen molar-refractivity contribution in [2.24, 2.45) is 4.99 Å². The first-order chi connectivity index (χ1) is 13.5. The van der Waals surface area contributed by atoms with Crippen LogP contribution in [0.4, 0.5) is 0 Å². The maximum atomic E-state index is 12.0. The Morgan fingerprint density at radius 1 is 1.21 bits per heavy atom. The third-order valence-corrected chi connectivity index (χ3v) is 5.19. The molecule has 7 nitrogen and oxygen atoms in total. The number of hydrogen-bond donors (Lipinski definition) is 3. The van der Waals surface area contributed by atoms with E-state index in [0.717, 1.165) is 57.1 Å². The fourth-order valence-corrected chi connectivity index (χ4v) is 3.31. The third-order valence-electron chi connectivity index (χ3n) is 5.19. The van der Waals surface area contributed by atoms with Crippen molar-refractivity contribution in [1.82, 2.24) is 20.4 Å². The molecule has 162 valence electrons. The van der Waals surface area contributed by atoms with E-state index in [4.69, 9.17) is 0 Å². The van der Waals surface area contributed by atoms with Crippen molar-refractivity contribution in [2.45, 2.75) is 38.8 Å². The molecular formula is C21H34IN5O2. The number of guanidine groups is 1. The van der Waals surface area contributed by atoms with Crippen LogP contribution in [-0.2, 0) is 4.79 Å². The number of benzene rings is 1. The molecule has 0 radical (unpaired) electrons. The Labute approximate surface area is 191 Å². The number of nitrogens with zero attached hydrogens (tertiary/aromatic N) is 3. The van der Waals surface area contributed by atoms with Crippen molar-refractivity contribution in [3.05, 3.63) is 35.4 Å². The normalized spacial score (nSPS) is 18.7. The van der Waals surface area contributed by atoms with E-state index >= 15 is 0 Å². The average Bonchev–Trinajstić information content (AvgIpc) is 3.50. The molecule has 1 aliphatic carbocycles. The maximum absolute atomic E-state index is 12.0. The zero-order chi connectivity index (χ0) is 19.9. The van der Waals surface area contributed by atoms with Crippen molar-refractivity contribution >= 4 is 35.8 Å². The largest absolute Gasteiger partial charge is 0.386 e. The highest BCUT2D eigenvalue weighted by atomic mass is 127. The number of aryl methyl sites for hydroxylation is 1. The second kappa shape index (κ2) is 11.7. The highest BCUT2D eigenvalue weighted by molar-refractivity contribution is 14.0. The molecule has 8 heteroatoms. The highest BCUT2D eigenvalue weighted by Crippen LogP contribution is 2.18. The number of amides is 1. The van der Waals surface area contributed by atoms with Gasteiger partial charge in [0, 0.05) is 38.8 Å². The summed E-state index contributed by atoms with van der Waals surface area (Å²) in [5, 5.41) is 16.8. The molecule has 1 unspecified atom stereocenters. The van der Waals surface area contributed by atoms with Crippen molar-refractivity contribution in [1.29, 1.82) is 0 Å². The molecule has 0 spiro atoms. The summed E-state index contributed by atoms with van der Waals surface area (Å²) in [5.41, 5.74) is 2.06. The number of aliphatic hydroxyl groups excluding tert-OH is 1. The number of aliphatic hydroxyl groups is 1. The molecule has 1 saturated heterocycles. The van der Waals surface area contributed by atoms with Crippen LogP contribution in [0.2, 0.25) is 0 Å². The number of nitrogens with one attached hydrogen (secondary N) is 2. The van der Waals surface area contributed by atoms with Crippen molar-refractivity contribution in [3.63, 3.8) is 0 Å². The molecule has 1 atom stereocenters. The minimum Gasteiger partial charge on any atom is -0.386 e. The van der Waals surface area contributed by atoms with Crippen LogP contribution in [-0.4, -0.2) is 78.6 Å². The van der Waals surface area contributed by atoms with E-state index in [0.29, 0.717) is 19.1 Å². The SMILES string of the molecule is CCNC(=NCC(O)c1ccc(C)cc1)N1CCN(CC(=O)NC2CC2)CC1.I. The lowest BCUT2D eigenvalue weighted by atomic mass is 10.1. The van der Waals surface area contributed by atoms with E-state index in [9.17, 15) is 9.90 Å². The molecule has 1 amide bonds. The molecule has 3 N–H and O–H groups in total. The Kier molecular flexibility index (Phi) is 9.64. The van der Waals surface area contributed by atoms with Gasteiger partial charge in [0.15, 0.2) is 5.96 Å². The molecule has 0 bridgehead atoms. The van der Waals surface area contributed by atoms with Crippen molar-refractivity contribution < 1.29 is 9.90 Å². The van der Waals surface area contributed by atoms with Crippen molar-refractivity contribution in [2.75, 3.05) is 45.8 Å². The topological polar surface area (TPSA) is 80.2 Å². The molecule has 1 aromatic rings. The van der Waals surface area contributed by atoms with Gasteiger partial charge in [0.25, 0.3) is 0 Å². The molecule has 1 saturated carbocycles. The Balaban J connectivity index is 0.00000300. The minimum atomic E-state index is -0.610. The molecule has 2 fully saturated rings. The highest BCUT2D eigenvalue weighted by Gasteiger charge is 2.26. The van der Waals surface area contributed by atoms with Gasteiger partial charge in [0.1, 0.15) is 0 Å². The second-order valence-electron chi connectivity index (χ2n) is 7.73. The van der Waals surface area contributed by atoms with E-state index in [1.165, 1.54) is 5.56 Å². The minimum absolute atomic E-state index is 0. The Morgan fingerprint density at radius 2 is 1.86 bits per heavy atom. The van der Waals surface area contributed by atoms with E-state index in [1.54, 1.807) is 0 Å². The standard InChI is InChI=1S/C21H33N5O2.HI/c1-3-22-21(23-14-19(27)17-6-4-16(2)5-7-17)26-12-10-25(11-13-26)15-20(28)24-18-8-9-18;/h4-7,18-19,27H,3,8-15H2,1-2H3,(H,22,23)(H,24,28);1H. The van der Waals surface area contributed by atoms with Gasteiger partial charge in [0.05, 0.1) is 19.2 Å². The van der Waals surface area contributed by atoms with Gasteiger partial charge in [-0.3, -0.25) is 14.7 Å².